The summed E-state index contributed by atoms with van der Waals surface area (Å²) < 4.78 is 2.60. The lowest BCUT2D eigenvalue weighted by Crippen LogP contribution is -2.28. The number of pyridine rings is 1. The van der Waals surface area contributed by atoms with Gasteiger partial charge in [0, 0.05) is 53.6 Å². The van der Waals surface area contributed by atoms with Crippen LogP contribution < -0.4 is 4.90 Å². The maximum Gasteiger partial charge on any atom is 0.0788 e. The molecule has 0 atom stereocenters. The number of rotatable bonds is 7. The van der Waals surface area contributed by atoms with Crippen LogP contribution in [0, 0.1) is 0 Å². The molecular weight excluding hydrogens is 805 g/mol. The average molecular weight is 845 g/mol. The average Bonchev–Trinajstić information content (AvgIpc) is 3.90. The Morgan fingerprint density at radius 1 is 0.338 bits per heavy atom. The fourth-order valence-electron chi connectivity index (χ4n) is 10.6. The Hall–Kier alpha value is -8.11. The molecule has 0 saturated carbocycles. The predicted octanol–water partition coefficient (Wildman–Crippen LogP) is 16.9. The zero-order valence-corrected chi connectivity index (χ0v) is 36.2. The van der Waals surface area contributed by atoms with Gasteiger partial charge in [-0.1, -0.05) is 182 Å². The lowest BCUT2D eigenvalue weighted by Gasteiger charge is -2.34. The normalized spacial score (nSPS) is 12.7. The van der Waals surface area contributed by atoms with Gasteiger partial charge < -0.3 is 4.90 Å². The zero-order valence-electron chi connectivity index (χ0n) is 35.4. The number of aromatic nitrogens is 1. The summed E-state index contributed by atoms with van der Waals surface area (Å²) in [6, 6.07) is 88.8. The molecule has 0 fully saturated rings. The minimum Gasteiger partial charge on any atom is -0.310 e. The molecule has 2 aromatic heterocycles. The van der Waals surface area contributed by atoms with Gasteiger partial charge in [-0.25, -0.2) is 4.98 Å². The second kappa shape index (κ2) is 15.0. The van der Waals surface area contributed by atoms with Crippen molar-refractivity contribution in [1.82, 2.24) is 4.98 Å². The minimum atomic E-state index is -0.477. The lowest BCUT2D eigenvalue weighted by molar-refractivity contribution is 0.769. The van der Waals surface area contributed by atoms with E-state index >= 15 is 0 Å². The van der Waals surface area contributed by atoms with Gasteiger partial charge in [-0.15, -0.1) is 11.3 Å². The largest absolute Gasteiger partial charge is 0.310 e. The number of hydrogen-bond donors (Lipinski definition) is 0. The van der Waals surface area contributed by atoms with Crippen LogP contribution in [-0.2, 0) is 5.41 Å². The molecule has 0 aliphatic heterocycles. The SMILES string of the molecule is c1ccc(N(c2ccc(-c3ccc(-c4nc5ccccc5c5cc6c(cc45)-c4ccccc4C6(c4ccccc4)c4ccccc4)cc3)cc2)c2ccc3c(c2)sc2ccccc23)cc1. The summed E-state index contributed by atoms with van der Waals surface area (Å²) in [5.41, 5.74) is 16.0. The van der Waals surface area contributed by atoms with Gasteiger partial charge in [-0.3, -0.25) is 0 Å². The number of nitrogens with zero attached hydrogens (tertiary/aromatic N) is 2. The number of para-hydroxylation sites is 2. The van der Waals surface area contributed by atoms with Gasteiger partial charge in [-0.05, 0) is 111 Å². The molecule has 304 valence electrons. The Labute approximate surface area is 382 Å². The van der Waals surface area contributed by atoms with E-state index in [1.165, 1.54) is 58.9 Å². The molecule has 0 bridgehead atoms. The summed E-state index contributed by atoms with van der Waals surface area (Å²) >= 11 is 1.85. The second-order valence-electron chi connectivity index (χ2n) is 17.0. The van der Waals surface area contributed by atoms with Gasteiger partial charge >= 0.3 is 0 Å². The van der Waals surface area contributed by atoms with Crippen molar-refractivity contribution in [1.29, 1.82) is 0 Å². The molecule has 13 rings (SSSR count). The van der Waals surface area contributed by atoms with Gasteiger partial charge in [0.25, 0.3) is 0 Å². The maximum absolute atomic E-state index is 5.43. The Morgan fingerprint density at radius 3 is 1.63 bits per heavy atom. The fourth-order valence-corrected chi connectivity index (χ4v) is 11.7. The molecule has 12 aromatic rings. The summed E-state index contributed by atoms with van der Waals surface area (Å²) in [6.45, 7) is 0. The summed E-state index contributed by atoms with van der Waals surface area (Å²) in [6.07, 6.45) is 0. The van der Waals surface area contributed by atoms with Crippen molar-refractivity contribution in [2.45, 2.75) is 5.41 Å². The van der Waals surface area contributed by atoms with Crippen molar-refractivity contribution in [3.8, 4) is 33.5 Å². The van der Waals surface area contributed by atoms with E-state index in [1.54, 1.807) is 0 Å². The van der Waals surface area contributed by atoms with Crippen molar-refractivity contribution in [3.05, 3.63) is 265 Å². The molecule has 2 nitrogen and oxygen atoms in total. The quantitative estimate of drug-likeness (QED) is 0.149. The summed E-state index contributed by atoms with van der Waals surface area (Å²) in [5.74, 6) is 0. The number of thiophene rings is 1. The van der Waals surface area contributed by atoms with E-state index in [4.69, 9.17) is 4.98 Å². The van der Waals surface area contributed by atoms with Crippen LogP contribution in [0.2, 0.25) is 0 Å². The number of fused-ring (bicyclic) bond motifs is 9. The molecule has 0 amide bonds. The van der Waals surface area contributed by atoms with Crippen molar-refractivity contribution in [3.63, 3.8) is 0 Å². The van der Waals surface area contributed by atoms with E-state index in [1.807, 2.05) is 11.3 Å². The smallest absolute Gasteiger partial charge is 0.0788 e. The second-order valence-corrected chi connectivity index (χ2v) is 18.1. The highest BCUT2D eigenvalue weighted by Crippen LogP contribution is 2.57. The molecule has 65 heavy (non-hydrogen) atoms. The Kier molecular flexibility index (Phi) is 8.65. The highest BCUT2D eigenvalue weighted by Gasteiger charge is 2.46. The topological polar surface area (TPSA) is 16.1 Å². The third-order valence-corrected chi connectivity index (χ3v) is 14.7. The maximum atomic E-state index is 5.43. The third kappa shape index (κ3) is 5.90. The Bertz CT molecular complexity index is 3710. The highest BCUT2D eigenvalue weighted by molar-refractivity contribution is 7.25. The third-order valence-electron chi connectivity index (χ3n) is 13.5. The molecule has 0 saturated heterocycles. The van der Waals surface area contributed by atoms with Gasteiger partial charge in [0.15, 0.2) is 0 Å². The predicted molar refractivity (Wildman–Crippen MR) is 275 cm³/mol. The van der Waals surface area contributed by atoms with E-state index in [0.29, 0.717) is 0 Å². The van der Waals surface area contributed by atoms with E-state index in [9.17, 15) is 0 Å². The first kappa shape index (κ1) is 37.4. The molecule has 10 aromatic carbocycles. The molecule has 0 N–H and O–H groups in total. The lowest BCUT2D eigenvalue weighted by atomic mass is 9.67. The molecular formula is C62H40N2S. The fraction of sp³-hybridized carbons (Fsp3) is 0.0161. The van der Waals surface area contributed by atoms with Crippen LogP contribution in [0.25, 0.3) is 75.4 Å². The monoisotopic (exact) mass is 844 g/mol. The van der Waals surface area contributed by atoms with Crippen LogP contribution in [0.15, 0.2) is 243 Å². The molecule has 1 aliphatic carbocycles. The van der Waals surface area contributed by atoms with Crippen LogP contribution in [-0.4, -0.2) is 4.98 Å². The zero-order chi connectivity index (χ0) is 42.9. The standard InChI is InChI=1S/C62H40N2S/c1-4-16-44(17-5-1)62(45-18-6-2-7-19-45)56-25-13-10-22-49(56)54-39-55-53(40-57(54)62)50-23-11-14-26-58(50)63-61(55)43-30-28-41(29-31-43)42-32-34-47(35-33-42)64(46-20-8-3-9-21-46)48-36-37-52-51-24-12-15-27-59(51)65-60(52)38-48/h1-40H. The highest BCUT2D eigenvalue weighted by atomic mass is 32.1. The number of anilines is 3. The number of hydrogen-bond acceptors (Lipinski definition) is 3. The summed E-state index contributed by atoms with van der Waals surface area (Å²) in [7, 11) is 0. The Morgan fingerprint density at radius 2 is 0.892 bits per heavy atom. The molecule has 0 unspecified atom stereocenters. The Balaban J connectivity index is 0.913. The van der Waals surface area contributed by atoms with E-state index in [2.05, 4.69) is 248 Å². The van der Waals surface area contributed by atoms with Crippen LogP contribution in [0.1, 0.15) is 22.3 Å². The summed E-state index contributed by atoms with van der Waals surface area (Å²) in [4.78, 5) is 7.78. The van der Waals surface area contributed by atoms with Gasteiger partial charge in [0.05, 0.1) is 16.6 Å². The molecule has 0 spiro atoms. The van der Waals surface area contributed by atoms with Crippen LogP contribution in [0.5, 0.6) is 0 Å². The van der Waals surface area contributed by atoms with Crippen molar-refractivity contribution >= 4 is 70.2 Å². The first-order chi connectivity index (χ1) is 32.2. The van der Waals surface area contributed by atoms with Crippen molar-refractivity contribution < 1.29 is 0 Å². The van der Waals surface area contributed by atoms with Crippen LogP contribution in [0.4, 0.5) is 17.1 Å². The first-order valence-electron chi connectivity index (χ1n) is 22.3. The van der Waals surface area contributed by atoms with E-state index in [-0.39, 0.29) is 0 Å². The van der Waals surface area contributed by atoms with Crippen LogP contribution >= 0.6 is 11.3 Å². The number of benzene rings is 10. The molecule has 2 heterocycles. The first-order valence-corrected chi connectivity index (χ1v) is 23.1. The molecule has 1 aliphatic rings. The van der Waals surface area contributed by atoms with Crippen LogP contribution in [0.3, 0.4) is 0 Å². The van der Waals surface area contributed by atoms with Crippen molar-refractivity contribution in [2.24, 2.45) is 0 Å². The van der Waals surface area contributed by atoms with Gasteiger partial charge in [0.1, 0.15) is 0 Å². The van der Waals surface area contributed by atoms with Gasteiger partial charge in [-0.2, -0.15) is 0 Å². The van der Waals surface area contributed by atoms with Gasteiger partial charge in [0.2, 0.25) is 0 Å². The molecule has 0 radical (unpaired) electrons. The van der Waals surface area contributed by atoms with E-state index < -0.39 is 5.41 Å². The van der Waals surface area contributed by atoms with Crippen molar-refractivity contribution in [2.75, 3.05) is 4.90 Å². The van der Waals surface area contributed by atoms with E-state index in [0.717, 1.165) is 55.7 Å². The summed E-state index contributed by atoms with van der Waals surface area (Å²) in [5, 5.41) is 6.14. The minimum absolute atomic E-state index is 0.477. The molecule has 3 heteroatoms.